The number of esters is 1. The first-order valence-electron chi connectivity index (χ1n) is 14.1. The van der Waals surface area contributed by atoms with Crippen molar-refractivity contribution >= 4 is 67.6 Å². The molecule has 0 fully saturated rings. The largest absolute Gasteiger partial charge is 0.487 e. The molecule has 0 N–H and O–H groups in total. The molecule has 0 aliphatic carbocycles. The molecule has 0 saturated carbocycles. The van der Waals surface area contributed by atoms with Crippen LogP contribution in [-0.2, 0) is 16.1 Å². The molecule has 6 nitrogen and oxygen atoms in total. The van der Waals surface area contributed by atoms with Crippen molar-refractivity contribution in [1.29, 1.82) is 0 Å². The van der Waals surface area contributed by atoms with Crippen molar-refractivity contribution in [3.63, 3.8) is 0 Å². The highest BCUT2D eigenvalue weighted by atomic mass is 127. The van der Waals surface area contributed by atoms with Gasteiger partial charge in [0, 0.05) is 15.6 Å². The lowest BCUT2D eigenvalue weighted by Gasteiger charge is -2.25. The number of hydrogen-bond donors (Lipinski definition) is 0. The highest BCUT2D eigenvalue weighted by Gasteiger charge is 2.35. The maximum Gasteiger partial charge on any atom is 0.338 e. The van der Waals surface area contributed by atoms with E-state index in [0.717, 1.165) is 13.6 Å². The van der Waals surface area contributed by atoms with Crippen LogP contribution in [0.25, 0.3) is 11.8 Å². The summed E-state index contributed by atoms with van der Waals surface area (Å²) >= 11 is 6.89. The first kappa shape index (κ1) is 32.0. The molecule has 1 atom stereocenters. The Hall–Kier alpha value is -3.94. The maximum atomic E-state index is 14.3. The van der Waals surface area contributed by atoms with Crippen molar-refractivity contribution in [2.75, 3.05) is 6.61 Å². The summed E-state index contributed by atoms with van der Waals surface area (Å²) in [6.45, 7) is 2.01. The number of halogens is 4. The summed E-state index contributed by atoms with van der Waals surface area (Å²) in [6.07, 6.45) is 1.73. The van der Waals surface area contributed by atoms with Gasteiger partial charge in [0.05, 0.1) is 32.0 Å². The molecule has 0 amide bonds. The van der Waals surface area contributed by atoms with Crippen LogP contribution < -0.4 is 19.6 Å². The van der Waals surface area contributed by atoms with E-state index in [1.807, 2.05) is 42.5 Å². The first-order chi connectivity index (χ1) is 22.2. The fourth-order valence-corrected chi connectivity index (χ4v) is 7.82. The molecule has 1 aliphatic rings. The number of thiazole rings is 1. The number of benzene rings is 4. The summed E-state index contributed by atoms with van der Waals surface area (Å²) in [4.78, 5) is 33.1. The Labute approximate surface area is 288 Å². The van der Waals surface area contributed by atoms with Crippen molar-refractivity contribution in [2.24, 2.45) is 4.99 Å². The van der Waals surface area contributed by atoms with Gasteiger partial charge >= 0.3 is 5.97 Å². The van der Waals surface area contributed by atoms with Gasteiger partial charge in [0.2, 0.25) is 0 Å². The summed E-state index contributed by atoms with van der Waals surface area (Å²) in [5.74, 6) is -0.852. The summed E-state index contributed by atoms with van der Waals surface area (Å²) in [5.41, 5.74) is 2.79. The van der Waals surface area contributed by atoms with Gasteiger partial charge in [0.25, 0.3) is 5.56 Å². The van der Waals surface area contributed by atoms with E-state index in [-0.39, 0.29) is 30.2 Å². The van der Waals surface area contributed by atoms with Gasteiger partial charge in [0.15, 0.2) is 4.80 Å². The van der Waals surface area contributed by atoms with Crippen LogP contribution in [0.4, 0.5) is 8.78 Å². The Balaban J connectivity index is 1.55. The molecule has 0 saturated heterocycles. The van der Waals surface area contributed by atoms with E-state index in [1.54, 1.807) is 37.3 Å². The number of carbonyl (C=O) groups is 1. The predicted octanol–water partition coefficient (Wildman–Crippen LogP) is 7.16. The van der Waals surface area contributed by atoms with E-state index in [4.69, 9.17) is 14.5 Å². The zero-order chi connectivity index (χ0) is 32.4. The van der Waals surface area contributed by atoms with Crippen LogP contribution >= 0.6 is 49.9 Å². The van der Waals surface area contributed by atoms with E-state index in [0.29, 0.717) is 37.5 Å². The molecule has 1 aliphatic heterocycles. The topological polar surface area (TPSA) is 69.9 Å². The van der Waals surface area contributed by atoms with Crippen LogP contribution in [-0.4, -0.2) is 17.1 Å². The summed E-state index contributed by atoms with van der Waals surface area (Å²) in [7, 11) is 0. The lowest BCUT2D eigenvalue weighted by Crippen LogP contribution is -2.40. The van der Waals surface area contributed by atoms with Crippen LogP contribution in [0.15, 0.2) is 111 Å². The monoisotopic (exact) mass is 812 g/mol. The maximum absolute atomic E-state index is 14.3. The molecule has 1 aromatic heterocycles. The quantitative estimate of drug-likeness (QED) is 0.123. The van der Waals surface area contributed by atoms with E-state index in [2.05, 4.69) is 38.5 Å². The first-order valence-corrected chi connectivity index (χ1v) is 16.8. The second-order valence-corrected chi connectivity index (χ2v) is 13.3. The van der Waals surface area contributed by atoms with E-state index >= 15 is 0 Å². The third-order valence-corrected chi connectivity index (χ3v) is 9.42. The Morgan fingerprint density at radius 1 is 1.02 bits per heavy atom. The van der Waals surface area contributed by atoms with Crippen molar-refractivity contribution in [2.45, 2.75) is 19.6 Å². The molecule has 11 heteroatoms. The zero-order valence-corrected chi connectivity index (χ0v) is 28.7. The van der Waals surface area contributed by atoms with Crippen LogP contribution in [0.2, 0.25) is 0 Å². The number of carbonyl (C=O) groups excluding carboxylic acids is 1. The molecule has 0 unspecified atom stereocenters. The lowest BCUT2D eigenvalue weighted by molar-refractivity contribution is -0.138. The number of hydrogen-bond acceptors (Lipinski definition) is 6. The highest BCUT2D eigenvalue weighted by molar-refractivity contribution is 14.1. The summed E-state index contributed by atoms with van der Waals surface area (Å²) in [5, 5.41) is 0. The average molecular weight is 813 g/mol. The van der Waals surface area contributed by atoms with Crippen LogP contribution in [0.5, 0.6) is 5.75 Å². The molecular formula is C35H24BrF2IN2O4S. The molecular weight excluding hydrogens is 789 g/mol. The standard InChI is InChI=1S/C35H24BrF2IN2O4S/c1-2-44-34(43)29-30(21-6-4-3-5-7-21)40-35-41(31(29)22-10-14-26(38)15-11-22)33(42)28(46-35)17-23-16-24(36)18-27(39)32(23)45-19-20-8-12-25(37)13-9-20/h3-18,31H,2,19H2,1H3/b28-17-/t31-/m0/s1. The number of ether oxygens (including phenoxy) is 2. The predicted molar refractivity (Wildman–Crippen MR) is 185 cm³/mol. The molecule has 46 heavy (non-hydrogen) atoms. The lowest BCUT2D eigenvalue weighted by atomic mass is 9.93. The normalized spacial score (nSPS) is 14.5. The molecule has 232 valence electrons. The van der Waals surface area contributed by atoms with E-state index in [1.165, 1.54) is 40.2 Å². The third-order valence-electron chi connectivity index (χ3n) is 7.18. The van der Waals surface area contributed by atoms with Gasteiger partial charge in [-0.05, 0) is 83.1 Å². The van der Waals surface area contributed by atoms with Gasteiger partial charge in [-0.1, -0.05) is 81.9 Å². The minimum absolute atomic E-state index is 0.118. The van der Waals surface area contributed by atoms with Gasteiger partial charge < -0.3 is 9.47 Å². The Morgan fingerprint density at radius 3 is 2.37 bits per heavy atom. The second kappa shape index (κ2) is 13.8. The number of aromatic nitrogens is 1. The Bertz CT molecular complexity index is 2150. The van der Waals surface area contributed by atoms with Gasteiger partial charge in [0.1, 0.15) is 24.0 Å². The Kier molecular flexibility index (Phi) is 9.62. The van der Waals surface area contributed by atoms with Gasteiger partial charge in [-0.2, -0.15) is 0 Å². The van der Waals surface area contributed by atoms with Gasteiger partial charge in [-0.15, -0.1) is 0 Å². The Morgan fingerprint density at radius 2 is 1.70 bits per heavy atom. The highest BCUT2D eigenvalue weighted by Crippen LogP contribution is 2.36. The van der Waals surface area contributed by atoms with Gasteiger partial charge in [-0.25, -0.2) is 18.6 Å². The molecule has 0 radical (unpaired) electrons. The molecule has 0 spiro atoms. The molecule has 6 rings (SSSR count). The number of fused-ring (bicyclic) bond motifs is 1. The minimum Gasteiger partial charge on any atom is -0.487 e. The van der Waals surface area contributed by atoms with Crippen molar-refractivity contribution in [1.82, 2.24) is 4.57 Å². The van der Waals surface area contributed by atoms with Gasteiger partial charge in [-0.3, -0.25) is 9.36 Å². The van der Waals surface area contributed by atoms with Crippen molar-refractivity contribution in [3.8, 4) is 5.75 Å². The van der Waals surface area contributed by atoms with E-state index in [9.17, 15) is 18.4 Å². The average Bonchev–Trinajstić information content (AvgIpc) is 3.35. The summed E-state index contributed by atoms with van der Waals surface area (Å²) in [6, 6.07) is 23.8. The SMILES string of the molecule is CCOC(=O)C1=C(c2ccccc2)N=c2s/c(=C\c3cc(Br)cc(I)c3OCc3ccc(F)cc3)c(=O)n2[C@H]1c1ccc(F)cc1. The van der Waals surface area contributed by atoms with Crippen molar-refractivity contribution < 1.29 is 23.0 Å². The third kappa shape index (κ3) is 6.62. The second-order valence-electron chi connectivity index (χ2n) is 10.2. The summed E-state index contributed by atoms with van der Waals surface area (Å²) < 4.78 is 42.6. The van der Waals surface area contributed by atoms with E-state index < -0.39 is 17.8 Å². The molecule has 2 heterocycles. The molecule has 5 aromatic rings. The van der Waals surface area contributed by atoms with Crippen LogP contribution in [0.3, 0.4) is 0 Å². The smallest absolute Gasteiger partial charge is 0.338 e. The zero-order valence-electron chi connectivity index (χ0n) is 24.2. The number of nitrogens with zero attached hydrogens (tertiary/aromatic N) is 2. The number of rotatable bonds is 8. The minimum atomic E-state index is -0.926. The van der Waals surface area contributed by atoms with Crippen molar-refractivity contribution in [3.05, 3.63) is 158 Å². The molecule has 4 aromatic carbocycles. The van der Waals surface area contributed by atoms with Crippen LogP contribution in [0.1, 0.15) is 35.2 Å². The fraction of sp³-hybridized carbons (Fsp3) is 0.114. The fourth-order valence-electron chi connectivity index (χ4n) is 5.12. The van der Waals surface area contributed by atoms with Crippen LogP contribution in [0, 0.1) is 15.2 Å². The molecule has 0 bridgehead atoms.